The van der Waals surface area contributed by atoms with Gasteiger partial charge in [-0.25, -0.2) is 23.1 Å². The summed E-state index contributed by atoms with van der Waals surface area (Å²) in [4.78, 5) is 22.4. The fraction of sp³-hybridized carbons (Fsp3) is 0.312. The summed E-state index contributed by atoms with van der Waals surface area (Å²) >= 11 is 0. The van der Waals surface area contributed by atoms with Gasteiger partial charge in [-0.1, -0.05) is 0 Å². The van der Waals surface area contributed by atoms with E-state index >= 15 is 0 Å². The van der Waals surface area contributed by atoms with Crippen molar-refractivity contribution in [1.82, 2.24) is 15.3 Å². The molecule has 0 atom stereocenters. The lowest BCUT2D eigenvalue weighted by Gasteiger charge is -2.16. The molecule has 0 spiro atoms. The second-order valence-electron chi connectivity index (χ2n) is 5.43. The zero-order valence-corrected chi connectivity index (χ0v) is 12.7. The van der Waals surface area contributed by atoms with E-state index in [0.29, 0.717) is 11.9 Å². The molecule has 0 radical (unpaired) electrons. The molecule has 1 amide bonds. The van der Waals surface area contributed by atoms with Crippen LogP contribution in [0.1, 0.15) is 29.0 Å². The van der Waals surface area contributed by atoms with Gasteiger partial charge < -0.3 is 10.2 Å². The number of nitrogens with zero attached hydrogens (tertiary/aromatic N) is 3. The number of halogens is 3. The summed E-state index contributed by atoms with van der Waals surface area (Å²) < 4.78 is 39.7. The van der Waals surface area contributed by atoms with Gasteiger partial charge in [0.05, 0.1) is 12.1 Å². The largest absolute Gasteiger partial charge is 0.357 e. The molecule has 24 heavy (non-hydrogen) atoms. The van der Waals surface area contributed by atoms with E-state index in [1.807, 2.05) is 0 Å². The van der Waals surface area contributed by atoms with Crippen molar-refractivity contribution >= 4 is 11.7 Å². The summed E-state index contributed by atoms with van der Waals surface area (Å²) in [5, 5.41) is 2.41. The summed E-state index contributed by atoms with van der Waals surface area (Å²) in [6.07, 6.45) is 3.79. The molecule has 2 aromatic rings. The van der Waals surface area contributed by atoms with Crippen LogP contribution < -0.4 is 10.2 Å². The van der Waals surface area contributed by atoms with Crippen molar-refractivity contribution in [3.05, 3.63) is 53.2 Å². The lowest BCUT2D eigenvalue weighted by molar-refractivity contribution is 0.0944. The normalized spacial score (nSPS) is 14.0. The van der Waals surface area contributed by atoms with Crippen LogP contribution in [0.3, 0.4) is 0 Å². The Hall–Kier alpha value is -2.64. The minimum absolute atomic E-state index is 0.0427. The molecule has 1 saturated heterocycles. The molecule has 0 unspecified atom stereocenters. The number of carbonyl (C=O) groups is 1. The minimum atomic E-state index is -1.67. The third-order valence-electron chi connectivity index (χ3n) is 3.81. The Morgan fingerprint density at radius 3 is 2.62 bits per heavy atom. The Labute approximate surface area is 136 Å². The number of nitrogens with one attached hydrogen (secondary N) is 1. The van der Waals surface area contributed by atoms with E-state index in [4.69, 9.17) is 0 Å². The highest BCUT2D eigenvalue weighted by molar-refractivity contribution is 5.94. The van der Waals surface area contributed by atoms with Gasteiger partial charge in [0, 0.05) is 19.3 Å². The van der Waals surface area contributed by atoms with Crippen LogP contribution in [-0.2, 0) is 6.54 Å². The van der Waals surface area contributed by atoms with E-state index in [-0.39, 0.29) is 6.54 Å². The first-order valence-electron chi connectivity index (χ1n) is 7.55. The number of carbonyl (C=O) groups excluding carboxylic acids is 1. The van der Waals surface area contributed by atoms with Crippen molar-refractivity contribution in [2.24, 2.45) is 0 Å². The van der Waals surface area contributed by atoms with Crippen LogP contribution >= 0.6 is 0 Å². The molecule has 8 heteroatoms. The van der Waals surface area contributed by atoms with E-state index in [0.717, 1.165) is 37.8 Å². The van der Waals surface area contributed by atoms with Crippen molar-refractivity contribution in [2.45, 2.75) is 19.4 Å². The maximum Gasteiger partial charge on any atom is 0.254 e. The molecule has 0 bridgehead atoms. The first-order chi connectivity index (χ1) is 11.6. The quantitative estimate of drug-likeness (QED) is 0.871. The number of amides is 1. The molecule has 0 aliphatic carbocycles. The van der Waals surface area contributed by atoms with E-state index in [1.54, 1.807) is 12.3 Å². The maximum atomic E-state index is 13.6. The van der Waals surface area contributed by atoms with Crippen molar-refractivity contribution < 1.29 is 18.0 Å². The van der Waals surface area contributed by atoms with E-state index in [1.165, 1.54) is 0 Å². The van der Waals surface area contributed by atoms with Crippen LogP contribution in [0.25, 0.3) is 0 Å². The molecule has 1 aromatic carbocycles. The fourth-order valence-electron chi connectivity index (χ4n) is 2.55. The molecule has 3 rings (SSSR count). The SMILES string of the molecule is O=C(NCc1nccc(N2CCCC2)n1)c1ccc(F)c(F)c1F. The second-order valence-corrected chi connectivity index (χ2v) is 5.43. The number of aromatic nitrogens is 2. The van der Waals surface area contributed by atoms with E-state index in [9.17, 15) is 18.0 Å². The average molecular weight is 336 g/mol. The monoisotopic (exact) mass is 336 g/mol. The van der Waals surface area contributed by atoms with Gasteiger partial charge in [-0.15, -0.1) is 0 Å². The Bertz CT molecular complexity index is 763. The predicted molar refractivity (Wildman–Crippen MR) is 81.0 cm³/mol. The molecule has 1 aliphatic rings. The Kier molecular flexibility index (Phi) is 4.64. The van der Waals surface area contributed by atoms with Crippen LogP contribution in [0.2, 0.25) is 0 Å². The molecule has 2 heterocycles. The Morgan fingerprint density at radius 2 is 1.88 bits per heavy atom. The summed E-state index contributed by atoms with van der Waals surface area (Å²) in [5.41, 5.74) is -0.565. The van der Waals surface area contributed by atoms with Gasteiger partial charge in [-0.05, 0) is 31.0 Å². The summed E-state index contributed by atoms with van der Waals surface area (Å²) in [7, 11) is 0. The average Bonchev–Trinajstić information content (AvgIpc) is 3.13. The summed E-state index contributed by atoms with van der Waals surface area (Å²) in [6, 6.07) is 3.38. The molecule has 1 N–H and O–H groups in total. The smallest absolute Gasteiger partial charge is 0.254 e. The number of benzene rings is 1. The topological polar surface area (TPSA) is 58.1 Å². The van der Waals surface area contributed by atoms with Gasteiger partial charge in [0.2, 0.25) is 0 Å². The van der Waals surface area contributed by atoms with Gasteiger partial charge in [-0.3, -0.25) is 4.79 Å². The van der Waals surface area contributed by atoms with Crippen LogP contribution in [-0.4, -0.2) is 29.0 Å². The van der Waals surface area contributed by atoms with E-state index in [2.05, 4.69) is 20.2 Å². The maximum absolute atomic E-state index is 13.6. The van der Waals surface area contributed by atoms with Gasteiger partial charge in [0.1, 0.15) is 11.6 Å². The predicted octanol–water partition coefficient (Wildman–Crippen LogP) is 2.42. The van der Waals surface area contributed by atoms with Crippen molar-refractivity contribution in [3.63, 3.8) is 0 Å². The molecule has 1 aromatic heterocycles. The first-order valence-corrected chi connectivity index (χ1v) is 7.55. The zero-order valence-electron chi connectivity index (χ0n) is 12.7. The third-order valence-corrected chi connectivity index (χ3v) is 3.81. The second kappa shape index (κ2) is 6.86. The third kappa shape index (κ3) is 3.32. The highest BCUT2D eigenvalue weighted by atomic mass is 19.2. The summed E-state index contributed by atoms with van der Waals surface area (Å²) in [5.74, 6) is -4.26. The molecule has 1 aliphatic heterocycles. The minimum Gasteiger partial charge on any atom is -0.357 e. The molecular weight excluding hydrogens is 321 g/mol. The Balaban J connectivity index is 1.68. The molecule has 0 saturated carbocycles. The van der Waals surface area contributed by atoms with Crippen LogP contribution in [0.15, 0.2) is 24.4 Å². The number of rotatable bonds is 4. The van der Waals surface area contributed by atoms with Crippen molar-refractivity contribution in [2.75, 3.05) is 18.0 Å². The van der Waals surface area contributed by atoms with Gasteiger partial charge in [-0.2, -0.15) is 0 Å². The summed E-state index contributed by atoms with van der Waals surface area (Å²) in [6.45, 7) is 1.80. The van der Waals surface area contributed by atoms with Gasteiger partial charge >= 0.3 is 0 Å². The highest BCUT2D eigenvalue weighted by Crippen LogP contribution is 2.17. The van der Waals surface area contributed by atoms with E-state index < -0.39 is 28.9 Å². The lowest BCUT2D eigenvalue weighted by Crippen LogP contribution is -2.26. The molecule has 126 valence electrons. The molecule has 5 nitrogen and oxygen atoms in total. The molecular formula is C16H15F3N4O. The number of hydrogen-bond donors (Lipinski definition) is 1. The molecule has 1 fully saturated rings. The number of anilines is 1. The van der Waals surface area contributed by atoms with Crippen molar-refractivity contribution in [1.29, 1.82) is 0 Å². The zero-order chi connectivity index (χ0) is 17.1. The van der Waals surface area contributed by atoms with Crippen LogP contribution in [0.5, 0.6) is 0 Å². The fourth-order valence-corrected chi connectivity index (χ4v) is 2.55. The standard InChI is InChI=1S/C16H15F3N4O/c17-11-4-3-10(14(18)15(11)19)16(24)21-9-12-20-6-5-13(22-12)23-7-1-2-8-23/h3-6H,1-2,7-9H2,(H,21,24). The van der Waals surface area contributed by atoms with Crippen LogP contribution in [0.4, 0.5) is 19.0 Å². The highest BCUT2D eigenvalue weighted by Gasteiger charge is 2.19. The first kappa shape index (κ1) is 16.2. The van der Waals surface area contributed by atoms with Crippen LogP contribution in [0, 0.1) is 17.5 Å². The van der Waals surface area contributed by atoms with Crippen molar-refractivity contribution in [3.8, 4) is 0 Å². The van der Waals surface area contributed by atoms with Gasteiger partial charge in [0.25, 0.3) is 5.91 Å². The van der Waals surface area contributed by atoms with Gasteiger partial charge in [0.15, 0.2) is 17.5 Å². The lowest BCUT2D eigenvalue weighted by atomic mass is 10.2. The number of hydrogen-bond acceptors (Lipinski definition) is 4. The Morgan fingerprint density at radius 1 is 1.12 bits per heavy atom.